The lowest BCUT2D eigenvalue weighted by Gasteiger charge is -2.15. The molecule has 4 heteroatoms. The Labute approximate surface area is 274 Å². The molecule has 0 aliphatic heterocycles. The van der Waals surface area contributed by atoms with Gasteiger partial charge in [-0.1, -0.05) is 166 Å². The van der Waals surface area contributed by atoms with Gasteiger partial charge in [-0.2, -0.15) is 0 Å². The number of aliphatic hydroxyl groups excluding tert-OH is 1. The Bertz CT molecular complexity index is 654. The molecule has 0 fully saturated rings. The molecule has 258 valence electrons. The summed E-state index contributed by atoms with van der Waals surface area (Å²) in [4.78, 5) is 12.0. The van der Waals surface area contributed by atoms with Crippen molar-refractivity contribution in [2.24, 2.45) is 0 Å². The minimum atomic E-state index is -0.529. The second-order valence-corrected chi connectivity index (χ2v) is 12.7. The highest BCUT2D eigenvalue weighted by molar-refractivity contribution is 5.69. The number of unbranched alkanes of at least 4 members (excludes halogenated alkanes) is 21. The quantitative estimate of drug-likeness (QED) is 0.0436. The Hall–Kier alpha value is -1.39. The van der Waals surface area contributed by atoms with Gasteiger partial charge in [0.1, 0.15) is 6.10 Å². The summed E-state index contributed by atoms with van der Waals surface area (Å²) in [5.41, 5.74) is 0. The number of rotatable bonds is 35. The van der Waals surface area contributed by atoms with Crippen LogP contribution in [0.2, 0.25) is 0 Å². The van der Waals surface area contributed by atoms with Crippen molar-refractivity contribution in [2.45, 2.75) is 193 Å². The third-order valence-corrected chi connectivity index (χ3v) is 8.22. The molecular formula is C40H74O4. The van der Waals surface area contributed by atoms with Crippen molar-refractivity contribution in [3.8, 4) is 0 Å². The number of carbonyl (C=O) groups is 1. The molecule has 4 nitrogen and oxygen atoms in total. The largest absolute Gasteiger partial charge is 0.457 e. The molecule has 0 saturated heterocycles. The van der Waals surface area contributed by atoms with Crippen molar-refractivity contribution < 1.29 is 19.4 Å². The first kappa shape index (κ1) is 42.6. The van der Waals surface area contributed by atoms with E-state index in [1.165, 1.54) is 135 Å². The smallest absolute Gasteiger partial charge is 0.306 e. The third-order valence-electron chi connectivity index (χ3n) is 8.22. The average molecular weight is 619 g/mol. The number of ether oxygens (including phenoxy) is 2. The zero-order valence-electron chi connectivity index (χ0n) is 29.4. The zero-order chi connectivity index (χ0) is 32.0. The first-order chi connectivity index (χ1) is 21.7. The summed E-state index contributed by atoms with van der Waals surface area (Å²) < 4.78 is 11.0. The predicted molar refractivity (Wildman–Crippen MR) is 191 cm³/mol. The van der Waals surface area contributed by atoms with Gasteiger partial charge < -0.3 is 14.6 Å². The minimum absolute atomic E-state index is 0.172. The Balaban J connectivity index is 3.37. The van der Waals surface area contributed by atoms with E-state index in [1.807, 2.05) is 0 Å². The van der Waals surface area contributed by atoms with E-state index in [1.54, 1.807) is 0 Å². The molecule has 0 aromatic rings. The van der Waals surface area contributed by atoms with Gasteiger partial charge in [-0.25, -0.2) is 0 Å². The molecule has 44 heavy (non-hydrogen) atoms. The molecule has 0 radical (unpaired) electrons. The summed E-state index contributed by atoms with van der Waals surface area (Å²) in [5, 5.41) is 9.48. The van der Waals surface area contributed by atoms with Crippen molar-refractivity contribution in [3.05, 3.63) is 36.5 Å². The Morgan fingerprint density at radius 1 is 0.545 bits per heavy atom. The second-order valence-electron chi connectivity index (χ2n) is 12.7. The van der Waals surface area contributed by atoms with E-state index in [4.69, 9.17) is 9.47 Å². The highest BCUT2D eigenvalue weighted by Crippen LogP contribution is 2.13. The molecule has 1 unspecified atom stereocenters. The fourth-order valence-electron chi connectivity index (χ4n) is 5.33. The maximum absolute atomic E-state index is 12.0. The fraction of sp³-hybridized carbons (Fsp3) is 0.825. The lowest BCUT2D eigenvalue weighted by atomic mass is 10.1. The predicted octanol–water partition coefficient (Wildman–Crippen LogP) is 12.1. The first-order valence-electron chi connectivity index (χ1n) is 19.1. The highest BCUT2D eigenvalue weighted by Gasteiger charge is 2.13. The molecule has 0 spiro atoms. The molecular weight excluding hydrogens is 544 g/mol. The van der Waals surface area contributed by atoms with E-state index < -0.39 is 6.10 Å². The molecule has 0 aromatic carbocycles. The van der Waals surface area contributed by atoms with E-state index >= 15 is 0 Å². The van der Waals surface area contributed by atoms with Gasteiger partial charge >= 0.3 is 5.97 Å². The number of carbonyl (C=O) groups excluding carboxylic acids is 1. The summed E-state index contributed by atoms with van der Waals surface area (Å²) in [6.45, 7) is 5.27. The molecule has 1 N–H and O–H groups in total. The van der Waals surface area contributed by atoms with Crippen LogP contribution in [0.5, 0.6) is 0 Å². The first-order valence-corrected chi connectivity index (χ1v) is 19.1. The SMILES string of the molecule is CCCCCCC/C=C\C/C=C\C/C=C\CCCCCCCCCCCCCOCC(CO)OC(=O)CCCCCCCC. The number of esters is 1. The van der Waals surface area contributed by atoms with Gasteiger partial charge in [-0.15, -0.1) is 0 Å². The van der Waals surface area contributed by atoms with Gasteiger partial charge in [0.15, 0.2) is 0 Å². The summed E-state index contributed by atoms with van der Waals surface area (Å²) >= 11 is 0. The molecule has 0 aromatic heterocycles. The number of allylic oxidation sites excluding steroid dienone is 6. The third kappa shape index (κ3) is 35.1. The van der Waals surface area contributed by atoms with Crippen molar-refractivity contribution in [3.63, 3.8) is 0 Å². The highest BCUT2D eigenvalue weighted by atomic mass is 16.6. The van der Waals surface area contributed by atoms with Crippen LogP contribution in [-0.4, -0.2) is 37.0 Å². The van der Waals surface area contributed by atoms with Crippen molar-refractivity contribution in [1.29, 1.82) is 0 Å². The van der Waals surface area contributed by atoms with Crippen molar-refractivity contribution in [1.82, 2.24) is 0 Å². The minimum Gasteiger partial charge on any atom is -0.457 e. The molecule has 0 aliphatic rings. The molecule has 0 aliphatic carbocycles. The van der Waals surface area contributed by atoms with Crippen LogP contribution in [-0.2, 0) is 14.3 Å². The summed E-state index contributed by atoms with van der Waals surface area (Å²) in [6, 6.07) is 0. The van der Waals surface area contributed by atoms with Crippen LogP contribution in [0, 0.1) is 0 Å². The van der Waals surface area contributed by atoms with Crippen LogP contribution in [0.4, 0.5) is 0 Å². The molecule has 0 heterocycles. The number of hydrogen-bond donors (Lipinski definition) is 1. The van der Waals surface area contributed by atoms with Gasteiger partial charge in [0.05, 0.1) is 13.2 Å². The average Bonchev–Trinajstić information content (AvgIpc) is 3.03. The monoisotopic (exact) mass is 619 g/mol. The van der Waals surface area contributed by atoms with Crippen LogP contribution < -0.4 is 0 Å². The molecule has 0 bridgehead atoms. The topological polar surface area (TPSA) is 55.8 Å². The van der Waals surface area contributed by atoms with Crippen molar-refractivity contribution >= 4 is 5.97 Å². The van der Waals surface area contributed by atoms with Crippen molar-refractivity contribution in [2.75, 3.05) is 19.8 Å². The van der Waals surface area contributed by atoms with Crippen LogP contribution in [0.1, 0.15) is 187 Å². The van der Waals surface area contributed by atoms with E-state index in [-0.39, 0.29) is 12.6 Å². The Morgan fingerprint density at radius 3 is 1.43 bits per heavy atom. The Kier molecular flexibility index (Phi) is 36.6. The lowest BCUT2D eigenvalue weighted by Crippen LogP contribution is -2.27. The standard InChI is InChI=1S/C40H74O4/c1-3-5-7-9-11-12-13-14-15-16-17-18-19-20-21-22-23-24-25-26-27-28-29-30-32-34-36-43-38-39(37-41)44-40(42)35-33-31-10-8-6-4-2/h13-14,16-17,19-20,39,41H,3-12,15,18,21-38H2,1-2H3/b14-13-,17-16-,20-19-. The normalized spacial score (nSPS) is 12.7. The van der Waals surface area contributed by atoms with E-state index in [0.29, 0.717) is 19.6 Å². The Morgan fingerprint density at radius 2 is 0.955 bits per heavy atom. The summed E-state index contributed by atoms with van der Waals surface area (Å²) in [7, 11) is 0. The number of aliphatic hydroxyl groups is 1. The molecule has 0 saturated carbocycles. The summed E-state index contributed by atoms with van der Waals surface area (Å²) in [5.74, 6) is -0.211. The van der Waals surface area contributed by atoms with E-state index in [9.17, 15) is 9.90 Å². The zero-order valence-corrected chi connectivity index (χ0v) is 29.4. The number of hydrogen-bond acceptors (Lipinski definition) is 4. The molecule has 0 amide bonds. The lowest BCUT2D eigenvalue weighted by molar-refractivity contribution is -0.154. The van der Waals surface area contributed by atoms with Gasteiger partial charge in [0.2, 0.25) is 0 Å². The second kappa shape index (κ2) is 37.8. The molecule has 0 rings (SSSR count). The maximum Gasteiger partial charge on any atom is 0.306 e. The summed E-state index contributed by atoms with van der Waals surface area (Å²) in [6.07, 6.45) is 46.5. The van der Waals surface area contributed by atoms with Gasteiger partial charge in [-0.05, 0) is 51.4 Å². The van der Waals surface area contributed by atoms with Crippen LogP contribution in [0.15, 0.2) is 36.5 Å². The van der Waals surface area contributed by atoms with Crippen LogP contribution >= 0.6 is 0 Å². The van der Waals surface area contributed by atoms with E-state index in [0.717, 1.165) is 32.1 Å². The van der Waals surface area contributed by atoms with Gasteiger partial charge in [-0.3, -0.25) is 4.79 Å². The van der Waals surface area contributed by atoms with Gasteiger partial charge in [0.25, 0.3) is 0 Å². The van der Waals surface area contributed by atoms with Crippen LogP contribution in [0.25, 0.3) is 0 Å². The fourth-order valence-corrected chi connectivity index (χ4v) is 5.33. The van der Waals surface area contributed by atoms with Gasteiger partial charge in [0, 0.05) is 13.0 Å². The molecule has 1 atom stereocenters. The van der Waals surface area contributed by atoms with E-state index in [2.05, 4.69) is 50.3 Å². The maximum atomic E-state index is 12.0. The van der Waals surface area contributed by atoms with Crippen LogP contribution in [0.3, 0.4) is 0 Å².